The van der Waals surface area contributed by atoms with Crippen molar-refractivity contribution in [1.82, 2.24) is 19.7 Å². The molecule has 5 heterocycles. The molecule has 3 saturated heterocycles. The predicted molar refractivity (Wildman–Crippen MR) is 154 cm³/mol. The number of nitrogens with zero attached hydrogens (tertiary/aromatic N) is 6. The Bertz CT molecular complexity index is 1160. The minimum absolute atomic E-state index is 0.132. The molecule has 0 saturated carbocycles. The molecule has 0 radical (unpaired) electrons. The van der Waals surface area contributed by atoms with Crippen molar-refractivity contribution in [2.75, 3.05) is 44.8 Å². The highest BCUT2D eigenvalue weighted by atomic mass is 35.5. The van der Waals surface area contributed by atoms with Crippen LogP contribution in [0.4, 0.5) is 5.69 Å². The highest BCUT2D eigenvalue weighted by Gasteiger charge is 2.41. The Hall–Kier alpha value is -2.31. The number of likely N-dealkylation sites (tertiary alicyclic amines) is 1. The second-order valence-electron chi connectivity index (χ2n) is 10.8. The molecule has 40 heavy (non-hydrogen) atoms. The maximum absolute atomic E-state index is 7.05. The summed E-state index contributed by atoms with van der Waals surface area (Å²) in [4.78, 5) is 15.8. The summed E-state index contributed by atoms with van der Waals surface area (Å²) in [6.45, 7) is 4.32. The molecule has 11 heteroatoms. The van der Waals surface area contributed by atoms with Crippen LogP contribution in [-0.4, -0.2) is 96.0 Å². The van der Waals surface area contributed by atoms with Gasteiger partial charge in [-0.1, -0.05) is 18.2 Å². The van der Waals surface area contributed by atoms with Crippen LogP contribution in [0.1, 0.15) is 37.8 Å². The summed E-state index contributed by atoms with van der Waals surface area (Å²) in [5, 5.41) is 6.64. The molecule has 0 bridgehead atoms. The van der Waals surface area contributed by atoms with E-state index in [1.165, 1.54) is 0 Å². The Morgan fingerprint density at radius 2 is 1.93 bits per heavy atom. The Kier molecular flexibility index (Phi) is 9.13. The first-order chi connectivity index (χ1) is 19.6. The molecular weight excluding hydrogens is 532 g/mol. The fraction of sp³-hybridized carbons (Fsp3) is 0.586. The van der Waals surface area contributed by atoms with E-state index in [0.717, 1.165) is 68.9 Å². The van der Waals surface area contributed by atoms with Gasteiger partial charge in [-0.15, -0.1) is 11.6 Å². The summed E-state index contributed by atoms with van der Waals surface area (Å²) in [5.41, 5.74) is 2.18. The smallest absolute Gasteiger partial charge is 0.158 e. The first-order valence-corrected chi connectivity index (χ1v) is 14.8. The van der Waals surface area contributed by atoms with Gasteiger partial charge in [0.2, 0.25) is 0 Å². The van der Waals surface area contributed by atoms with Crippen molar-refractivity contribution in [3.8, 4) is 0 Å². The minimum atomic E-state index is -0.486. The molecule has 0 N–H and O–H groups in total. The number of morpholine rings is 1. The number of ether oxygens (including phenoxy) is 3. The van der Waals surface area contributed by atoms with Crippen molar-refractivity contribution in [2.24, 2.45) is 4.99 Å². The van der Waals surface area contributed by atoms with E-state index in [0.29, 0.717) is 19.8 Å². The average Bonchev–Trinajstić information content (AvgIpc) is 3.47. The van der Waals surface area contributed by atoms with Crippen molar-refractivity contribution in [3.05, 3.63) is 54.5 Å². The number of rotatable bonds is 8. The normalized spacial score (nSPS) is 30.4. The van der Waals surface area contributed by atoms with Gasteiger partial charge in [-0.05, 0) is 63.9 Å². The lowest BCUT2D eigenvalue weighted by molar-refractivity contribution is -0.258. The summed E-state index contributed by atoms with van der Waals surface area (Å²) in [7, 11) is 2.13. The Labute approximate surface area is 241 Å². The zero-order chi connectivity index (χ0) is 27.3. The van der Waals surface area contributed by atoms with Gasteiger partial charge in [0, 0.05) is 37.8 Å². The summed E-state index contributed by atoms with van der Waals surface area (Å²) in [5.74, 6) is 0. The SMILES string of the molecule is CN1CCCC(ON2CCOC(C3N=CC(n4ccc(COC5CCCCO5)n4)=CN3c3ccccc3)C2Cl)C1. The summed E-state index contributed by atoms with van der Waals surface area (Å²) in [6, 6.07) is 12.1. The molecule has 1 aromatic heterocycles. The van der Waals surface area contributed by atoms with E-state index >= 15 is 0 Å². The number of allylic oxidation sites excluding steroid dienone is 1. The number of anilines is 1. The molecule has 10 nitrogen and oxygen atoms in total. The van der Waals surface area contributed by atoms with Crippen LogP contribution in [0.15, 0.2) is 53.8 Å². The molecule has 0 aliphatic carbocycles. The number of aromatic nitrogens is 2. The van der Waals surface area contributed by atoms with Crippen LogP contribution in [0, 0.1) is 0 Å². The maximum Gasteiger partial charge on any atom is 0.158 e. The summed E-state index contributed by atoms with van der Waals surface area (Å²) in [6.07, 6.45) is 10.4. The number of hydrogen-bond acceptors (Lipinski definition) is 9. The van der Waals surface area contributed by atoms with Crippen LogP contribution >= 0.6 is 11.6 Å². The number of hydrogen-bond donors (Lipinski definition) is 0. The van der Waals surface area contributed by atoms with Gasteiger partial charge in [0.15, 0.2) is 12.5 Å². The molecule has 6 rings (SSSR count). The third-order valence-electron chi connectivity index (χ3n) is 7.76. The summed E-state index contributed by atoms with van der Waals surface area (Å²) < 4.78 is 19.7. The number of halogens is 1. The zero-order valence-corrected chi connectivity index (χ0v) is 23.8. The standard InChI is InChI=1S/C29H39ClN6O4/c1-33-13-7-10-25(20-33)40-36-15-17-38-27(28(36)30)29-31-18-24(19-34(29)23-8-3-2-4-9-23)35-14-12-22(32-35)21-39-26-11-5-6-16-37-26/h2-4,8-9,12,14,18-19,25-29H,5-7,10-11,13,15-17,20-21H2,1H3. The summed E-state index contributed by atoms with van der Waals surface area (Å²) >= 11 is 7.05. The minimum Gasteiger partial charge on any atom is -0.370 e. The maximum atomic E-state index is 7.05. The third-order valence-corrected chi connectivity index (χ3v) is 8.23. The van der Waals surface area contributed by atoms with Crippen LogP contribution < -0.4 is 4.90 Å². The predicted octanol–water partition coefficient (Wildman–Crippen LogP) is 3.93. The molecule has 2 aromatic rings. The van der Waals surface area contributed by atoms with E-state index in [1.807, 2.05) is 46.4 Å². The Balaban J connectivity index is 1.17. The lowest BCUT2D eigenvalue weighted by Gasteiger charge is -2.44. The number of para-hydroxylation sites is 1. The van der Waals surface area contributed by atoms with Gasteiger partial charge in [-0.2, -0.15) is 10.2 Å². The van der Waals surface area contributed by atoms with Crippen LogP contribution in [0.5, 0.6) is 0 Å². The third kappa shape index (κ3) is 6.60. The van der Waals surface area contributed by atoms with Crippen molar-refractivity contribution in [2.45, 2.75) is 68.9 Å². The monoisotopic (exact) mass is 570 g/mol. The van der Waals surface area contributed by atoms with Gasteiger partial charge < -0.3 is 24.0 Å². The molecule has 5 unspecified atom stereocenters. The quantitative estimate of drug-likeness (QED) is 0.349. The fourth-order valence-electron chi connectivity index (χ4n) is 5.65. The lowest BCUT2D eigenvalue weighted by Crippen LogP contribution is -2.58. The highest BCUT2D eigenvalue weighted by Crippen LogP contribution is 2.31. The molecule has 216 valence electrons. The van der Waals surface area contributed by atoms with Crippen LogP contribution in [-0.2, 0) is 25.7 Å². The first kappa shape index (κ1) is 27.8. The number of benzene rings is 1. The molecule has 5 atom stereocenters. The van der Waals surface area contributed by atoms with E-state index in [9.17, 15) is 0 Å². The average molecular weight is 571 g/mol. The van der Waals surface area contributed by atoms with Gasteiger partial charge in [0.05, 0.1) is 36.9 Å². The van der Waals surface area contributed by atoms with E-state index in [1.54, 1.807) is 0 Å². The zero-order valence-electron chi connectivity index (χ0n) is 23.1. The number of piperidine rings is 1. The van der Waals surface area contributed by atoms with Gasteiger partial charge in [-0.3, -0.25) is 9.83 Å². The molecule has 1 aromatic carbocycles. The van der Waals surface area contributed by atoms with Crippen LogP contribution in [0.3, 0.4) is 0 Å². The number of likely N-dealkylation sites (N-methyl/N-ethyl adjacent to an activating group) is 1. The largest absolute Gasteiger partial charge is 0.370 e. The molecule has 4 aliphatic rings. The Morgan fingerprint density at radius 1 is 1.02 bits per heavy atom. The van der Waals surface area contributed by atoms with E-state index in [4.69, 9.17) is 40.7 Å². The van der Waals surface area contributed by atoms with Crippen molar-refractivity contribution in [1.29, 1.82) is 0 Å². The molecule has 0 spiro atoms. The first-order valence-electron chi connectivity index (χ1n) is 14.4. The van der Waals surface area contributed by atoms with Crippen molar-refractivity contribution < 1.29 is 19.0 Å². The van der Waals surface area contributed by atoms with Gasteiger partial charge in [0.25, 0.3) is 0 Å². The lowest BCUT2D eigenvalue weighted by atomic mass is 10.1. The van der Waals surface area contributed by atoms with Gasteiger partial charge >= 0.3 is 0 Å². The number of aliphatic imine (C=N–C) groups is 1. The molecule has 0 amide bonds. The Morgan fingerprint density at radius 3 is 2.75 bits per heavy atom. The molecular formula is C29H39ClN6O4. The van der Waals surface area contributed by atoms with Gasteiger partial charge in [0.1, 0.15) is 11.6 Å². The number of alkyl halides is 1. The van der Waals surface area contributed by atoms with E-state index < -0.39 is 11.6 Å². The second kappa shape index (κ2) is 13.1. The van der Waals surface area contributed by atoms with Gasteiger partial charge in [-0.25, -0.2) is 4.68 Å². The second-order valence-corrected chi connectivity index (χ2v) is 11.3. The van der Waals surface area contributed by atoms with Crippen LogP contribution in [0.25, 0.3) is 5.70 Å². The molecule has 3 fully saturated rings. The van der Waals surface area contributed by atoms with Crippen molar-refractivity contribution in [3.63, 3.8) is 0 Å². The van der Waals surface area contributed by atoms with E-state index in [-0.39, 0.29) is 18.6 Å². The van der Waals surface area contributed by atoms with E-state index in [2.05, 4.69) is 35.2 Å². The van der Waals surface area contributed by atoms with Crippen molar-refractivity contribution >= 4 is 29.2 Å². The number of hydroxylamine groups is 2. The highest BCUT2D eigenvalue weighted by molar-refractivity contribution is 6.20. The fourth-order valence-corrected chi connectivity index (χ4v) is 6.00. The topological polar surface area (TPSA) is 76.8 Å². The molecule has 4 aliphatic heterocycles. The van der Waals surface area contributed by atoms with Crippen LogP contribution in [0.2, 0.25) is 0 Å².